The van der Waals surface area contributed by atoms with Crippen molar-refractivity contribution in [3.63, 3.8) is 0 Å². The highest BCUT2D eigenvalue weighted by molar-refractivity contribution is 6.07. The molecular weight excluding hydrogens is 284 g/mol. The molecule has 0 N–H and O–H groups in total. The summed E-state index contributed by atoms with van der Waals surface area (Å²) >= 11 is 0. The number of nitrogens with zero attached hydrogens (tertiary/aromatic N) is 2. The first kappa shape index (κ1) is 19.3. The van der Waals surface area contributed by atoms with Crippen molar-refractivity contribution in [1.82, 2.24) is 4.90 Å². The van der Waals surface area contributed by atoms with Crippen molar-refractivity contribution < 1.29 is 9.31 Å². The van der Waals surface area contributed by atoms with Crippen LogP contribution in [-0.4, -0.2) is 50.5 Å². The standard InChI is InChI=1S/C20H33N2O/c1-6-7-8-9-10-15-23-20-13-11-18(12-14-20)19(16-21(2)3)17-22(4)5/h11-14,16-17H,6-10,15H2,1-5H3/q+1. The lowest BCUT2D eigenvalue weighted by atomic mass is 10.1. The molecule has 0 unspecified atom stereocenters. The largest absolute Gasteiger partial charge is 0.494 e. The van der Waals surface area contributed by atoms with Gasteiger partial charge in [-0.1, -0.05) is 44.7 Å². The second-order valence-corrected chi connectivity index (χ2v) is 6.43. The lowest BCUT2D eigenvalue weighted by Crippen LogP contribution is -2.07. The first-order valence-electron chi connectivity index (χ1n) is 8.65. The van der Waals surface area contributed by atoms with Gasteiger partial charge in [0.25, 0.3) is 0 Å². The van der Waals surface area contributed by atoms with Gasteiger partial charge in [-0.05, 0) is 24.1 Å². The highest BCUT2D eigenvalue weighted by atomic mass is 16.5. The first-order valence-corrected chi connectivity index (χ1v) is 8.65. The molecule has 0 fully saturated rings. The van der Waals surface area contributed by atoms with Gasteiger partial charge in [0.05, 0.1) is 12.2 Å². The van der Waals surface area contributed by atoms with E-state index in [0.29, 0.717) is 0 Å². The molecule has 0 saturated carbocycles. The van der Waals surface area contributed by atoms with Gasteiger partial charge >= 0.3 is 0 Å². The summed E-state index contributed by atoms with van der Waals surface area (Å²) in [6, 6.07) is 8.38. The van der Waals surface area contributed by atoms with Crippen molar-refractivity contribution >= 4 is 11.8 Å². The van der Waals surface area contributed by atoms with E-state index in [4.69, 9.17) is 4.74 Å². The SMILES string of the molecule is CCCCCCCOc1ccc(C(=CN(C)C)C=[N+](C)C)cc1. The van der Waals surface area contributed by atoms with Gasteiger partial charge in [0.2, 0.25) is 0 Å². The van der Waals surface area contributed by atoms with E-state index in [9.17, 15) is 0 Å². The highest BCUT2D eigenvalue weighted by Gasteiger charge is 2.04. The van der Waals surface area contributed by atoms with Crippen LogP contribution < -0.4 is 4.74 Å². The lowest BCUT2D eigenvalue weighted by molar-refractivity contribution is -0.458. The van der Waals surface area contributed by atoms with Gasteiger partial charge in [-0.2, -0.15) is 0 Å². The maximum atomic E-state index is 5.83. The van der Waals surface area contributed by atoms with Crippen LogP contribution in [0, 0.1) is 0 Å². The normalized spacial score (nSPS) is 11.3. The van der Waals surface area contributed by atoms with E-state index in [2.05, 4.69) is 53.1 Å². The summed E-state index contributed by atoms with van der Waals surface area (Å²) in [6.07, 6.45) is 10.6. The van der Waals surface area contributed by atoms with Crippen molar-refractivity contribution in [2.75, 3.05) is 34.8 Å². The Labute approximate surface area is 142 Å². The zero-order valence-electron chi connectivity index (χ0n) is 15.5. The maximum Gasteiger partial charge on any atom is 0.172 e. The van der Waals surface area contributed by atoms with Crippen molar-refractivity contribution in [3.05, 3.63) is 36.0 Å². The van der Waals surface area contributed by atoms with Crippen LogP contribution in [0.3, 0.4) is 0 Å². The van der Waals surface area contributed by atoms with Crippen molar-refractivity contribution in [3.8, 4) is 5.75 Å². The zero-order valence-corrected chi connectivity index (χ0v) is 15.5. The predicted molar refractivity (Wildman–Crippen MR) is 101 cm³/mol. The summed E-state index contributed by atoms with van der Waals surface area (Å²) < 4.78 is 7.90. The Morgan fingerprint density at radius 1 is 1.04 bits per heavy atom. The molecular formula is C20H33N2O+. The minimum Gasteiger partial charge on any atom is -0.494 e. The Morgan fingerprint density at radius 2 is 1.70 bits per heavy atom. The Bertz CT molecular complexity index is 497. The van der Waals surface area contributed by atoms with Crippen LogP contribution in [0.25, 0.3) is 5.57 Å². The van der Waals surface area contributed by atoms with Crippen LogP contribution in [-0.2, 0) is 0 Å². The molecule has 128 valence electrons. The fourth-order valence-electron chi connectivity index (χ4n) is 2.38. The van der Waals surface area contributed by atoms with E-state index in [1.807, 2.05) is 28.2 Å². The van der Waals surface area contributed by atoms with Gasteiger partial charge in [0.1, 0.15) is 19.8 Å². The first-order chi connectivity index (χ1) is 11.0. The lowest BCUT2D eigenvalue weighted by Gasteiger charge is -2.10. The number of hydrogen-bond donors (Lipinski definition) is 0. The van der Waals surface area contributed by atoms with Crippen LogP contribution in [0.15, 0.2) is 30.5 Å². The predicted octanol–water partition coefficient (Wildman–Crippen LogP) is 4.28. The van der Waals surface area contributed by atoms with Crippen molar-refractivity contribution in [2.24, 2.45) is 0 Å². The third kappa shape index (κ3) is 8.44. The summed E-state index contributed by atoms with van der Waals surface area (Å²) in [5.41, 5.74) is 2.38. The van der Waals surface area contributed by atoms with Gasteiger partial charge in [-0.15, -0.1) is 0 Å². The smallest absolute Gasteiger partial charge is 0.172 e. The molecule has 1 aromatic carbocycles. The minimum absolute atomic E-state index is 0.813. The topological polar surface area (TPSA) is 15.5 Å². The minimum atomic E-state index is 0.813. The average molecular weight is 317 g/mol. The maximum absolute atomic E-state index is 5.83. The molecule has 0 amide bonds. The molecule has 3 nitrogen and oxygen atoms in total. The summed E-state index contributed by atoms with van der Waals surface area (Å²) in [7, 11) is 8.16. The summed E-state index contributed by atoms with van der Waals surface area (Å²) in [5, 5.41) is 0. The molecule has 0 aliphatic carbocycles. The van der Waals surface area contributed by atoms with Crippen molar-refractivity contribution in [1.29, 1.82) is 0 Å². The van der Waals surface area contributed by atoms with Gasteiger partial charge in [0.15, 0.2) is 6.21 Å². The monoisotopic (exact) mass is 317 g/mol. The number of ether oxygens (including phenoxy) is 1. The van der Waals surface area contributed by atoms with E-state index >= 15 is 0 Å². The Balaban J connectivity index is 2.59. The quantitative estimate of drug-likeness (QED) is 0.363. The average Bonchev–Trinajstić information content (AvgIpc) is 2.50. The molecule has 0 radical (unpaired) electrons. The van der Waals surface area contributed by atoms with E-state index in [1.165, 1.54) is 36.8 Å². The van der Waals surface area contributed by atoms with E-state index < -0.39 is 0 Å². The molecule has 3 heteroatoms. The van der Waals surface area contributed by atoms with E-state index in [-0.39, 0.29) is 0 Å². The molecule has 0 aliphatic rings. The number of allylic oxidation sites excluding steroid dienone is 1. The molecule has 1 aromatic rings. The van der Waals surface area contributed by atoms with Gasteiger partial charge < -0.3 is 9.64 Å². The van der Waals surface area contributed by atoms with Gasteiger partial charge in [-0.3, -0.25) is 0 Å². The Morgan fingerprint density at radius 3 is 2.26 bits per heavy atom. The second kappa shape index (κ2) is 10.9. The van der Waals surface area contributed by atoms with Crippen LogP contribution in [0.5, 0.6) is 5.75 Å². The molecule has 0 heterocycles. The third-order valence-electron chi connectivity index (χ3n) is 3.50. The Hall–Kier alpha value is -1.77. The van der Waals surface area contributed by atoms with Crippen LogP contribution in [0.1, 0.15) is 44.6 Å². The fourth-order valence-corrected chi connectivity index (χ4v) is 2.38. The van der Waals surface area contributed by atoms with Crippen LogP contribution in [0.4, 0.5) is 0 Å². The summed E-state index contributed by atoms with van der Waals surface area (Å²) in [5.74, 6) is 0.957. The number of rotatable bonds is 10. The van der Waals surface area contributed by atoms with Crippen molar-refractivity contribution in [2.45, 2.75) is 39.0 Å². The molecule has 0 saturated heterocycles. The number of hydrogen-bond acceptors (Lipinski definition) is 2. The number of benzene rings is 1. The van der Waals surface area contributed by atoms with E-state index in [1.54, 1.807) is 0 Å². The zero-order chi connectivity index (χ0) is 17.1. The number of unbranched alkanes of at least 4 members (excludes halogenated alkanes) is 4. The van der Waals surface area contributed by atoms with Crippen LogP contribution in [0.2, 0.25) is 0 Å². The Kier molecular flexibility index (Phi) is 9.11. The molecule has 0 aromatic heterocycles. The van der Waals surface area contributed by atoms with Gasteiger partial charge in [-0.25, -0.2) is 4.58 Å². The third-order valence-corrected chi connectivity index (χ3v) is 3.50. The summed E-state index contributed by atoms with van der Waals surface area (Å²) in [6.45, 7) is 3.05. The molecule has 1 rings (SSSR count). The second-order valence-electron chi connectivity index (χ2n) is 6.43. The van der Waals surface area contributed by atoms with E-state index in [0.717, 1.165) is 18.8 Å². The summed E-state index contributed by atoms with van der Waals surface area (Å²) in [4.78, 5) is 2.07. The molecule has 0 aliphatic heterocycles. The molecule has 0 spiro atoms. The molecule has 23 heavy (non-hydrogen) atoms. The molecule has 0 atom stereocenters. The highest BCUT2D eigenvalue weighted by Crippen LogP contribution is 2.18. The van der Waals surface area contributed by atoms with Gasteiger partial charge in [0, 0.05) is 20.3 Å². The fraction of sp³-hybridized carbons (Fsp3) is 0.550. The van der Waals surface area contributed by atoms with Crippen LogP contribution >= 0.6 is 0 Å². The molecule has 0 bridgehead atoms.